The zero-order chi connectivity index (χ0) is 17.7. The number of nitrogens with zero attached hydrogens (tertiary/aromatic N) is 2. The van der Waals surface area contributed by atoms with Crippen LogP contribution in [0.2, 0.25) is 0 Å². The minimum Gasteiger partial charge on any atom is -0.508 e. The maximum Gasteiger partial charge on any atom is 0.230 e. The first-order chi connectivity index (χ1) is 11.4. The molecule has 2 aromatic rings. The van der Waals surface area contributed by atoms with Gasteiger partial charge in [0.15, 0.2) is 0 Å². The monoisotopic (exact) mass is 348 g/mol. The van der Waals surface area contributed by atoms with Crippen LogP contribution in [0.4, 0.5) is 0 Å². The summed E-state index contributed by atoms with van der Waals surface area (Å²) in [4.78, 5) is 4.37. The average molecular weight is 349 g/mol. The van der Waals surface area contributed by atoms with Gasteiger partial charge >= 0.3 is 0 Å². The summed E-state index contributed by atoms with van der Waals surface area (Å²) >= 11 is 6.26. The van der Waals surface area contributed by atoms with Crippen molar-refractivity contribution >= 4 is 11.6 Å². The first kappa shape index (κ1) is 18.1. The van der Waals surface area contributed by atoms with Crippen LogP contribution < -0.4 is 0 Å². The average Bonchev–Trinajstić information content (AvgIpc) is 2.98. The van der Waals surface area contributed by atoms with Crippen LogP contribution in [0.15, 0.2) is 45.7 Å². The fourth-order valence-electron chi connectivity index (χ4n) is 2.14. The number of hydrogen-bond acceptors (Lipinski definition) is 5. The van der Waals surface area contributed by atoms with Gasteiger partial charge < -0.3 is 14.4 Å². The molecule has 0 saturated heterocycles. The van der Waals surface area contributed by atoms with Crippen LogP contribution in [-0.4, -0.2) is 21.4 Å². The molecule has 128 valence electrons. The SMILES string of the molecule is CC=C(OC(C)C)C(Cl)=CCc1nc(-c2ccc(O)cc2C)no1. The van der Waals surface area contributed by atoms with Gasteiger partial charge in [0.1, 0.15) is 11.5 Å². The molecule has 0 aliphatic carbocycles. The Labute approximate surface area is 146 Å². The molecule has 0 bridgehead atoms. The fourth-order valence-corrected chi connectivity index (χ4v) is 2.37. The van der Waals surface area contributed by atoms with Gasteiger partial charge in [0.05, 0.1) is 11.1 Å². The Morgan fingerprint density at radius 1 is 1.42 bits per heavy atom. The zero-order valence-corrected chi connectivity index (χ0v) is 15.0. The summed E-state index contributed by atoms with van der Waals surface area (Å²) in [6.07, 6.45) is 4.05. The second-order valence-electron chi connectivity index (χ2n) is 5.59. The van der Waals surface area contributed by atoms with E-state index in [1.54, 1.807) is 24.3 Å². The molecule has 0 spiro atoms. The molecule has 0 radical (unpaired) electrons. The number of phenolic OH excluding ortho intramolecular Hbond substituents is 1. The summed E-state index contributed by atoms with van der Waals surface area (Å²) in [7, 11) is 0. The van der Waals surface area contributed by atoms with Crippen molar-refractivity contribution in [2.45, 2.75) is 40.2 Å². The molecule has 5 nitrogen and oxygen atoms in total. The summed E-state index contributed by atoms with van der Waals surface area (Å²) in [5, 5.41) is 14.0. The molecule has 0 aliphatic heterocycles. The zero-order valence-electron chi connectivity index (χ0n) is 14.2. The van der Waals surface area contributed by atoms with Crippen molar-refractivity contribution in [1.82, 2.24) is 10.1 Å². The molecule has 1 heterocycles. The molecule has 0 atom stereocenters. The van der Waals surface area contributed by atoms with E-state index in [1.807, 2.05) is 33.8 Å². The third kappa shape index (κ3) is 4.61. The molecule has 2 rings (SSSR count). The Morgan fingerprint density at radius 2 is 2.17 bits per heavy atom. The fraction of sp³-hybridized carbons (Fsp3) is 0.333. The highest BCUT2D eigenvalue weighted by Crippen LogP contribution is 2.24. The summed E-state index contributed by atoms with van der Waals surface area (Å²) < 4.78 is 10.9. The molecule has 0 unspecified atom stereocenters. The normalized spacial score (nSPS) is 12.8. The molecular formula is C18H21ClN2O3. The standard InChI is InChI=1S/C18H21ClN2O3/c1-5-16(23-11(2)3)15(19)8-9-17-20-18(21-24-17)14-7-6-13(22)10-12(14)4/h5-8,10-11,22H,9H2,1-4H3. The van der Waals surface area contributed by atoms with Crippen molar-refractivity contribution in [3.05, 3.63) is 52.6 Å². The third-order valence-corrected chi connectivity index (χ3v) is 3.58. The van der Waals surface area contributed by atoms with E-state index >= 15 is 0 Å². The number of aromatic nitrogens is 2. The number of hydrogen-bond donors (Lipinski definition) is 1. The van der Waals surface area contributed by atoms with E-state index in [0.29, 0.717) is 28.9 Å². The quantitative estimate of drug-likeness (QED) is 0.603. The molecule has 0 saturated carbocycles. The first-order valence-corrected chi connectivity index (χ1v) is 8.10. The van der Waals surface area contributed by atoms with Gasteiger partial charge in [-0.1, -0.05) is 22.8 Å². The van der Waals surface area contributed by atoms with Crippen LogP contribution in [0.5, 0.6) is 5.75 Å². The molecule has 0 aliphatic rings. The summed E-state index contributed by atoms with van der Waals surface area (Å²) in [5.74, 6) is 1.77. The number of allylic oxidation sites excluding steroid dienone is 3. The van der Waals surface area contributed by atoms with Crippen molar-refractivity contribution in [3.63, 3.8) is 0 Å². The number of aryl methyl sites for hydroxylation is 1. The van der Waals surface area contributed by atoms with E-state index in [1.165, 1.54) is 0 Å². The lowest BCUT2D eigenvalue weighted by Gasteiger charge is -2.12. The molecule has 6 heteroatoms. The summed E-state index contributed by atoms with van der Waals surface area (Å²) in [6.45, 7) is 7.63. The van der Waals surface area contributed by atoms with E-state index in [4.69, 9.17) is 20.9 Å². The Morgan fingerprint density at radius 3 is 2.79 bits per heavy atom. The molecule has 0 fully saturated rings. The van der Waals surface area contributed by atoms with Crippen LogP contribution in [0.3, 0.4) is 0 Å². The van der Waals surface area contributed by atoms with Crippen LogP contribution in [0.25, 0.3) is 11.4 Å². The molecule has 1 aromatic heterocycles. The lowest BCUT2D eigenvalue weighted by atomic mass is 10.1. The van der Waals surface area contributed by atoms with Gasteiger partial charge in [0, 0.05) is 12.0 Å². The van der Waals surface area contributed by atoms with Crippen LogP contribution >= 0.6 is 11.6 Å². The van der Waals surface area contributed by atoms with Gasteiger partial charge in [0.2, 0.25) is 11.7 Å². The van der Waals surface area contributed by atoms with Crippen molar-refractivity contribution in [1.29, 1.82) is 0 Å². The molecule has 0 amide bonds. The Hall–Kier alpha value is -2.27. The van der Waals surface area contributed by atoms with Crippen LogP contribution in [0, 0.1) is 6.92 Å². The molecule has 24 heavy (non-hydrogen) atoms. The molecule has 1 N–H and O–H groups in total. The van der Waals surface area contributed by atoms with Gasteiger partial charge in [-0.2, -0.15) is 4.98 Å². The topological polar surface area (TPSA) is 68.4 Å². The number of halogens is 1. The Kier molecular flexibility index (Phi) is 6.04. The minimum absolute atomic E-state index is 0.0471. The lowest BCUT2D eigenvalue weighted by Crippen LogP contribution is -2.02. The highest BCUT2D eigenvalue weighted by molar-refractivity contribution is 6.31. The number of phenols is 1. The second-order valence-corrected chi connectivity index (χ2v) is 5.99. The number of aromatic hydroxyl groups is 1. The van der Waals surface area contributed by atoms with Crippen molar-refractivity contribution in [3.8, 4) is 17.1 Å². The van der Waals surface area contributed by atoms with E-state index in [2.05, 4.69) is 10.1 Å². The van der Waals surface area contributed by atoms with E-state index in [-0.39, 0.29) is 11.9 Å². The van der Waals surface area contributed by atoms with E-state index in [9.17, 15) is 5.11 Å². The van der Waals surface area contributed by atoms with Crippen LogP contribution in [0.1, 0.15) is 32.2 Å². The largest absolute Gasteiger partial charge is 0.508 e. The van der Waals surface area contributed by atoms with Gasteiger partial charge in [-0.15, -0.1) is 0 Å². The highest BCUT2D eigenvalue weighted by Gasteiger charge is 2.12. The smallest absolute Gasteiger partial charge is 0.230 e. The molecular weight excluding hydrogens is 328 g/mol. The maximum absolute atomic E-state index is 9.47. The molecule has 1 aromatic carbocycles. The highest BCUT2D eigenvalue weighted by atomic mass is 35.5. The lowest BCUT2D eigenvalue weighted by molar-refractivity contribution is 0.156. The van der Waals surface area contributed by atoms with Crippen molar-refractivity contribution in [2.24, 2.45) is 0 Å². The first-order valence-electron chi connectivity index (χ1n) is 7.72. The second kappa shape index (κ2) is 8.02. The third-order valence-electron chi connectivity index (χ3n) is 3.24. The number of benzene rings is 1. The van der Waals surface area contributed by atoms with Gasteiger partial charge in [-0.05, 0) is 57.5 Å². The van der Waals surface area contributed by atoms with E-state index < -0.39 is 0 Å². The van der Waals surface area contributed by atoms with E-state index in [0.717, 1.165) is 11.1 Å². The minimum atomic E-state index is 0.0471. The summed E-state index contributed by atoms with van der Waals surface area (Å²) in [6, 6.07) is 5.01. The van der Waals surface area contributed by atoms with Gasteiger partial charge in [-0.25, -0.2) is 0 Å². The Bertz CT molecular complexity index is 763. The summed E-state index contributed by atoms with van der Waals surface area (Å²) in [5.41, 5.74) is 1.69. The predicted molar refractivity (Wildman–Crippen MR) is 93.8 cm³/mol. The maximum atomic E-state index is 9.47. The Balaban J connectivity index is 2.12. The van der Waals surface area contributed by atoms with Crippen molar-refractivity contribution in [2.75, 3.05) is 0 Å². The number of ether oxygens (including phenoxy) is 1. The van der Waals surface area contributed by atoms with Crippen LogP contribution in [-0.2, 0) is 11.2 Å². The predicted octanol–water partition coefficient (Wildman–Crippen LogP) is 4.74. The van der Waals surface area contributed by atoms with Gasteiger partial charge in [-0.3, -0.25) is 0 Å². The van der Waals surface area contributed by atoms with Gasteiger partial charge in [0.25, 0.3) is 0 Å². The van der Waals surface area contributed by atoms with Crippen molar-refractivity contribution < 1.29 is 14.4 Å². The number of rotatable bonds is 6.